The van der Waals surface area contributed by atoms with Crippen molar-refractivity contribution in [2.24, 2.45) is 0 Å². The van der Waals surface area contributed by atoms with Crippen molar-refractivity contribution in [1.29, 1.82) is 0 Å². The fraction of sp³-hybridized carbons (Fsp3) is 0.167. The lowest BCUT2D eigenvalue weighted by Gasteiger charge is -2.06. The minimum Gasteiger partial charge on any atom is -0.484 e. The SMILES string of the molecule is Cc1cccc(OCC(=O)Nc2nnc(Cc3ccc(Cl)cc3)s2)c1. The van der Waals surface area contributed by atoms with Gasteiger partial charge in [0.05, 0.1) is 0 Å². The number of halogens is 1. The summed E-state index contributed by atoms with van der Waals surface area (Å²) in [6.45, 7) is 1.89. The minimum atomic E-state index is -0.268. The lowest BCUT2D eigenvalue weighted by atomic mass is 10.2. The number of aromatic nitrogens is 2. The van der Waals surface area contributed by atoms with Crippen LogP contribution in [0.25, 0.3) is 0 Å². The Hall–Kier alpha value is -2.44. The third kappa shape index (κ3) is 5.27. The van der Waals surface area contributed by atoms with Crippen LogP contribution < -0.4 is 10.1 Å². The first-order valence-corrected chi connectivity index (χ1v) is 8.84. The topological polar surface area (TPSA) is 64.1 Å². The van der Waals surface area contributed by atoms with Crippen LogP contribution >= 0.6 is 22.9 Å². The third-order valence-corrected chi connectivity index (χ3v) is 4.43. The molecule has 0 aliphatic carbocycles. The summed E-state index contributed by atoms with van der Waals surface area (Å²) in [7, 11) is 0. The van der Waals surface area contributed by atoms with Crippen LogP contribution in [0.5, 0.6) is 5.75 Å². The van der Waals surface area contributed by atoms with E-state index in [0.717, 1.165) is 16.1 Å². The molecule has 1 N–H and O–H groups in total. The van der Waals surface area contributed by atoms with Crippen LogP contribution in [-0.2, 0) is 11.2 Å². The van der Waals surface area contributed by atoms with Crippen LogP contribution in [0.1, 0.15) is 16.1 Å². The van der Waals surface area contributed by atoms with E-state index >= 15 is 0 Å². The zero-order valence-corrected chi connectivity index (χ0v) is 15.1. The van der Waals surface area contributed by atoms with Crippen LogP contribution in [0.2, 0.25) is 5.02 Å². The molecule has 3 aromatic rings. The number of anilines is 1. The number of hydrogen-bond acceptors (Lipinski definition) is 5. The van der Waals surface area contributed by atoms with E-state index in [2.05, 4.69) is 15.5 Å². The van der Waals surface area contributed by atoms with E-state index < -0.39 is 0 Å². The van der Waals surface area contributed by atoms with E-state index in [0.29, 0.717) is 22.3 Å². The second-order valence-corrected chi connectivity index (χ2v) is 6.96. The smallest absolute Gasteiger partial charge is 0.264 e. The Balaban J connectivity index is 1.52. The van der Waals surface area contributed by atoms with Crippen molar-refractivity contribution >= 4 is 34.0 Å². The van der Waals surface area contributed by atoms with Gasteiger partial charge in [0.1, 0.15) is 10.8 Å². The van der Waals surface area contributed by atoms with Crippen LogP contribution in [0.3, 0.4) is 0 Å². The number of hydrogen-bond donors (Lipinski definition) is 1. The quantitative estimate of drug-likeness (QED) is 0.706. The summed E-state index contributed by atoms with van der Waals surface area (Å²) >= 11 is 7.22. The maximum Gasteiger partial charge on any atom is 0.264 e. The van der Waals surface area contributed by atoms with Crippen LogP contribution in [0, 0.1) is 6.92 Å². The molecule has 0 spiro atoms. The number of amides is 1. The van der Waals surface area contributed by atoms with Gasteiger partial charge in [-0.15, -0.1) is 10.2 Å². The number of rotatable bonds is 6. The van der Waals surface area contributed by atoms with Gasteiger partial charge in [-0.3, -0.25) is 10.1 Å². The molecule has 0 fully saturated rings. The molecule has 0 bridgehead atoms. The summed E-state index contributed by atoms with van der Waals surface area (Å²) < 4.78 is 5.47. The Labute approximate surface area is 154 Å². The molecule has 25 heavy (non-hydrogen) atoms. The van der Waals surface area contributed by atoms with Crippen molar-refractivity contribution in [3.05, 3.63) is 69.7 Å². The van der Waals surface area contributed by atoms with Crippen molar-refractivity contribution in [3.8, 4) is 5.75 Å². The molecule has 0 aliphatic rings. The zero-order valence-electron chi connectivity index (χ0n) is 13.5. The van der Waals surface area contributed by atoms with Gasteiger partial charge in [0, 0.05) is 11.4 Å². The van der Waals surface area contributed by atoms with Crippen molar-refractivity contribution in [3.63, 3.8) is 0 Å². The van der Waals surface area contributed by atoms with Crippen LogP contribution in [-0.4, -0.2) is 22.7 Å². The first-order chi connectivity index (χ1) is 12.1. The standard InChI is InChI=1S/C18H16ClN3O2S/c1-12-3-2-4-15(9-12)24-11-16(23)20-18-22-21-17(25-18)10-13-5-7-14(19)8-6-13/h2-9H,10-11H2,1H3,(H,20,22,23). The molecule has 0 radical (unpaired) electrons. The molecule has 128 valence electrons. The average Bonchev–Trinajstić information content (AvgIpc) is 3.02. The molecule has 0 saturated heterocycles. The molecule has 0 aliphatic heterocycles. The molecular formula is C18H16ClN3O2S. The fourth-order valence-corrected chi connectivity index (χ4v) is 3.08. The van der Waals surface area contributed by atoms with Crippen LogP contribution in [0.15, 0.2) is 48.5 Å². The Morgan fingerprint density at radius 3 is 2.76 bits per heavy atom. The van der Waals surface area contributed by atoms with E-state index in [9.17, 15) is 4.79 Å². The van der Waals surface area contributed by atoms with E-state index in [4.69, 9.17) is 16.3 Å². The summed E-state index contributed by atoms with van der Waals surface area (Å²) in [4.78, 5) is 12.0. The summed E-state index contributed by atoms with van der Waals surface area (Å²) in [6.07, 6.45) is 0.643. The summed E-state index contributed by atoms with van der Waals surface area (Å²) in [6, 6.07) is 15.1. The molecule has 0 atom stereocenters. The number of nitrogens with one attached hydrogen (secondary N) is 1. The first kappa shape index (κ1) is 17.4. The van der Waals surface area contributed by atoms with Crippen molar-refractivity contribution in [1.82, 2.24) is 10.2 Å². The van der Waals surface area contributed by atoms with Gasteiger partial charge < -0.3 is 4.74 Å². The zero-order chi connectivity index (χ0) is 17.6. The highest BCUT2D eigenvalue weighted by atomic mass is 35.5. The van der Waals surface area contributed by atoms with Gasteiger partial charge in [-0.2, -0.15) is 0 Å². The lowest BCUT2D eigenvalue weighted by molar-refractivity contribution is -0.118. The molecule has 2 aromatic carbocycles. The Bertz CT molecular complexity index is 865. The summed E-state index contributed by atoms with van der Waals surface area (Å²) in [5, 5.41) is 12.8. The second kappa shape index (κ2) is 8.09. The third-order valence-electron chi connectivity index (χ3n) is 3.34. The van der Waals surface area contributed by atoms with Gasteiger partial charge in [0.2, 0.25) is 5.13 Å². The highest BCUT2D eigenvalue weighted by molar-refractivity contribution is 7.15. The predicted octanol–water partition coefficient (Wildman–Crippen LogP) is 4.11. The van der Waals surface area contributed by atoms with E-state index in [1.807, 2.05) is 55.5 Å². The van der Waals surface area contributed by atoms with Crippen molar-refractivity contribution in [2.45, 2.75) is 13.3 Å². The van der Waals surface area contributed by atoms with Gasteiger partial charge in [0.15, 0.2) is 6.61 Å². The Morgan fingerprint density at radius 2 is 2.00 bits per heavy atom. The molecule has 1 aromatic heterocycles. The lowest BCUT2D eigenvalue weighted by Crippen LogP contribution is -2.20. The van der Waals surface area contributed by atoms with Gasteiger partial charge in [0.25, 0.3) is 5.91 Å². The number of carbonyl (C=O) groups excluding carboxylic acids is 1. The number of aryl methyl sites for hydroxylation is 1. The van der Waals surface area contributed by atoms with Gasteiger partial charge in [-0.25, -0.2) is 0 Å². The Morgan fingerprint density at radius 1 is 1.20 bits per heavy atom. The summed E-state index contributed by atoms with van der Waals surface area (Å²) in [5.41, 5.74) is 2.16. The highest BCUT2D eigenvalue weighted by Gasteiger charge is 2.09. The molecule has 3 rings (SSSR count). The average molecular weight is 374 g/mol. The number of nitrogens with zero attached hydrogens (tertiary/aromatic N) is 2. The number of benzene rings is 2. The minimum absolute atomic E-state index is 0.0739. The number of carbonyl (C=O) groups is 1. The second-order valence-electron chi connectivity index (χ2n) is 5.46. The van der Waals surface area contributed by atoms with E-state index in [1.165, 1.54) is 11.3 Å². The van der Waals surface area contributed by atoms with Gasteiger partial charge in [-0.1, -0.05) is 47.2 Å². The molecule has 0 unspecified atom stereocenters. The predicted molar refractivity (Wildman–Crippen MR) is 99.5 cm³/mol. The molecule has 5 nitrogen and oxygen atoms in total. The fourth-order valence-electron chi connectivity index (χ4n) is 2.16. The normalized spacial score (nSPS) is 10.5. The monoisotopic (exact) mass is 373 g/mol. The van der Waals surface area contributed by atoms with Crippen molar-refractivity contribution < 1.29 is 9.53 Å². The van der Waals surface area contributed by atoms with E-state index in [-0.39, 0.29) is 12.5 Å². The maximum atomic E-state index is 12.0. The molecule has 1 amide bonds. The molecule has 1 heterocycles. The highest BCUT2D eigenvalue weighted by Crippen LogP contribution is 2.20. The summed E-state index contributed by atoms with van der Waals surface area (Å²) in [5.74, 6) is 0.395. The first-order valence-electron chi connectivity index (χ1n) is 7.64. The van der Waals surface area contributed by atoms with Gasteiger partial charge >= 0.3 is 0 Å². The Kier molecular flexibility index (Phi) is 5.63. The number of ether oxygens (including phenoxy) is 1. The molecule has 0 saturated carbocycles. The largest absolute Gasteiger partial charge is 0.484 e. The van der Waals surface area contributed by atoms with Gasteiger partial charge in [-0.05, 0) is 42.3 Å². The van der Waals surface area contributed by atoms with Crippen LogP contribution in [0.4, 0.5) is 5.13 Å². The molecule has 7 heteroatoms. The maximum absolute atomic E-state index is 12.0. The van der Waals surface area contributed by atoms with Crippen molar-refractivity contribution in [2.75, 3.05) is 11.9 Å². The molecular weight excluding hydrogens is 358 g/mol. The van der Waals surface area contributed by atoms with E-state index in [1.54, 1.807) is 0 Å².